The molecule has 0 aliphatic rings. The Balaban J connectivity index is 0.860. The molecule has 0 aliphatic carbocycles. The third-order valence-corrected chi connectivity index (χ3v) is 13.2. The maximum atomic E-state index is 2.40. The fraction of sp³-hybridized carbons (Fsp3) is 0. The molecule has 0 radical (unpaired) electrons. The molecule has 12 rings (SSSR count). The van der Waals surface area contributed by atoms with Gasteiger partial charge in [-0.2, -0.15) is 0 Å². The summed E-state index contributed by atoms with van der Waals surface area (Å²) in [6, 6.07) is 78.2. The fourth-order valence-corrected chi connectivity index (χ4v) is 10.2. The van der Waals surface area contributed by atoms with Crippen molar-refractivity contribution in [2.24, 2.45) is 0 Å². The Bertz CT molecular complexity index is 3530. The van der Waals surface area contributed by atoms with Crippen LogP contribution in [0.5, 0.6) is 0 Å². The molecule has 0 aliphatic heterocycles. The maximum Gasteiger partial charge on any atom is 0.0541 e. The zero-order chi connectivity index (χ0) is 38.2. The van der Waals surface area contributed by atoms with Crippen molar-refractivity contribution in [3.63, 3.8) is 0 Å². The molecule has 2 aromatic heterocycles. The SMILES string of the molecule is c1ccc2c(c1)cc(-c1ccc(-c3ccc4c(c3)c3ccccc3n4-c3ccc(-c4ccc(-c5ccc6sc7ccccc7c6c5)cc4)cc3)cc1)c1ccccc12. The van der Waals surface area contributed by atoms with E-state index >= 15 is 0 Å². The predicted molar refractivity (Wildman–Crippen MR) is 250 cm³/mol. The van der Waals surface area contributed by atoms with Crippen LogP contribution in [0.15, 0.2) is 212 Å². The van der Waals surface area contributed by atoms with Gasteiger partial charge in [-0.15, -0.1) is 11.3 Å². The van der Waals surface area contributed by atoms with Crippen LogP contribution in [-0.4, -0.2) is 4.57 Å². The van der Waals surface area contributed by atoms with Gasteiger partial charge in [-0.1, -0.05) is 158 Å². The molecule has 0 saturated carbocycles. The first-order valence-corrected chi connectivity index (χ1v) is 20.7. The van der Waals surface area contributed by atoms with Crippen LogP contribution in [0.3, 0.4) is 0 Å². The van der Waals surface area contributed by atoms with E-state index in [2.05, 4.69) is 217 Å². The summed E-state index contributed by atoms with van der Waals surface area (Å²) >= 11 is 1.86. The van der Waals surface area contributed by atoms with Gasteiger partial charge in [0.15, 0.2) is 0 Å². The Labute approximate surface area is 340 Å². The van der Waals surface area contributed by atoms with Crippen LogP contribution in [0.25, 0.3) is 114 Å². The summed E-state index contributed by atoms with van der Waals surface area (Å²) in [5.41, 5.74) is 13.4. The van der Waals surface area contributed by atoms with E-state index in [0.29, 0.717) is 0 Å². The minimum Gasteiger partial charge on any atom is -0.309 e. The van der Waals surface area contributed by atoms with Gasteiger partial charge in [0, 0.05) is 36.6 Å². The van der Waals surface area contributed by atoms with Crippen LogP contribution in [-0.2, 0) is 0 Å². The molecule has 12 aromatic rings. The lowest BCUT2D eigenvalue weighted by Gasteiger charge is -2.12. The zero-order valence-corrected chi connectivity index (χ0v) is 32.4. The Kier molecular flexibility index (Phi) is 7.47. The number of fused-ring (bicyclic) bond motifs is 9. The van der Waals surface area contributed by atoms with E-state index in [0.717, 1.165) is 5.69 Å². The number of thiophene rings is 1. The lowest BCUT2D eigenvalue weighted by molar-refractivity contribution is 1.18. The second kappa shape index (κ2) is 13.2. The molecular formula is C56H35NS. The smallest absolute Gasteiger partial charge is 0.0541 e. The molecule has 0 fully saturated rings. The summed E-state index contributed by atoms with van der Waals surface area (Å²) in [7, 11) is 0. The number of rotatable bonds is 5. The first-order valence-electron chi connectivity index (χ1n) is 19.9. The highest BCUT2D eigenvalue weighted by Crippen LogP contribution is 2.40. The first-order chi connectivity index (χ1) is 28.7. The number of benzene rings is 10. The molecular weight excluding hydrogens is 719 g/mol. The van der Waals surface area contributed by atoms with Gasteiger partial charge in [0.2, 0.25) is 0 Å². The van der Waals surface area contributed by atoms with Gasteiger partial charge < -0.3 is 4.57 Å². The van der Waals surface area contributed by atoms with E-state index in [-0.39, 0.29) is 0 Å². The van der Waals surface area contributed by atoms with Crippen LogP contribution < -0.4 is 0 Å². The molecule has 0 N–H and O–H groups in total. The molecule has 58 heavy (non-hydrogen) atoms. The van der Waals surface area contributed by atoms with E-state index in [4.69, 9.17) is 0 Å². The molecule has 270 valence electrons. The fourth-order valence-electron chi connectivity index (χ4n) is 9.13. The highest BCUT2D eigenvalue weighted by Gasteiger charge is 2.15. The van der Waals surface area contributed by atoms with E-state index in [1.807, 2.05) is 11.3 Å². The Hall–Kier alpha value is -7.26. The molecule has 10 aromatic carbocycles. The number of aromatic nitrogens is 1. The third-order valence-electron chi connectivity index (χ3n) is 12.0. The molecule has 1 nitrogen and oxygen atoms in total. The summed E-state index contributed by atoms with van der Waals surface area (Å²) in [6.07, 6.45) is 0. The first kappa shape index (κ1) is 32.9. The molecule has 0 spiro atoms. The zero-order valence-electron chi connectivity index (χ0n) is 31.6. The van der Waals surface area contributed by atoms with Crippen LogP contribution in [0.1, 0.15) is 0 Å². The molecule has 2 heterocycles. The van der Waals surface area contributed by atoms with Crippen molar-refractivity contribution in [2.75, 3.05) is 0 Å². The van der Waals surface area contributed by atoms with E-state index < -0.39 is 0 Å². The van der Waals surface area contributed by atoms with Gasteiger partial charge in [-0.25, -0.2) is 0 Å². The third kappa shape index (κ3) is 5.30. The van der Waals surface area contributed by atoms with E-state index in [1.54, 1.807) is 0 Å². The van der Waals surface area contributed by atoms with Crippen molar-refractivity contribution >= 4 is 74.9 Å². The summed E-state index contributed by atoms with van der Waals surface area (Å²) in [4.78, 5) is 0. The van der Waals surface area contributed by atoms with E-state index in [9.17, 15) is 0 Å². The van der Waals surface area contributed by atoms with Gasteiger partial charge in [0.05, 0.1) is 11.0 Å². The van der Waals surface area contributed by atoms with Crippen LogP contribution in [0, 0.1) is 0 Å². The summed E-state index contributed by atoms with van der Waals surface area (Å²) in [5, 5.41) is 10.3. The summed E-state index contributed by atoms with van der Waals surface area (Å²) < 4.78 is 5.08. The van der Waals surface area contributed by atoms with Crippen molar-refractivity contribution < 1.29 is 0 Å². The van der Waals surface area contributed by atoms with Gasteiger partial charge in [0.25, 0.3) is 0 Å². The van der Waals surface area contributed by atoms with Crippen LogP contribution in [0.2, 0.25) is 0 Å². The van der Waals surface area contributed by atoms with Crippen molar-refractivity contribution in [1.29, 1.82) is 0 Å². The van der Waals surface area contributed by atoms with Crippen molar-refractivity contribution in [3.05, 3.63) is 212 Å². The predicted octanol–water partition coefficient (Wildman–Crippen LogP) is 16.1. The number of nitrogens with zero attached hydrogens (tertiary/aromatic N) is 1. The van der Waals surface area contributed by atoms with Gasteiger partial charge in [-0.05, 0) is 121 Å². The van der Waals surface area contributed by atoms with Gasteiger partial charge >= 0.3 is 0 Å². The van der Waals surface area contributed by atoms with Crippen molar-refractivity contribution in [1.82, 2.24) is 4.57 Å². The molecule has 0 amide bonds. The highest BCUT2D eigenvalue weighted by molar-refractivity contribution is 7.25. The van der Waals surface area contributed by atoms with E-state index in [1.165, 1.54) is 108 Å². The van der Waals surface area contributed by atoms with Crippen molar-refractivity contribution in [2.45, 2.75) is 0 Å². The number of hydrogen-bond donors (Lipinski definition) is 0. The maximum absolute atomic E-state index is 2.40. The minimum absolute atomic E-state index is 1.16. The lowest BCUT2D eigenvalue weighted by atomic mass is 9.92. The number of para-hydroxylation sites is 1. The van der Waals surface area contributed by atoms with Crippen molar-refractivity contribution in [3.8, 4) is 50.2 Å². The second-order valence-electron chi connectivity index (χ2n) is 15.3. The standard InChI is InChI=1S/C56H35NS/c1-2-10-45-43(9-1)35-50(47-12-4-3-11-46(45)47)40-23-21-39(22-24-40)41-27-31-54-51(33-41)48-13-5-7-15-53(48)57(54)44-29-25-37(26-30-44)36-17-19-38(20-18-36)42-28-32-56-52(34-42)49-14-6-8-16-55(49)58-56/h1-35H. The van der Waals surface area contributed by atoms with Gasteiger partial charge in [0.1, 0.15) is 0 Å². The van der Waals surface area contributed by atoms with Crippen LogP contribution in [0.4, 0.5) is 0 Å². The minimum atomic E-state index is 1.16. The van der Waals surface area contributed by atoms with Gasteiger partial charge in [-0.3, -0.25) is 0 Å². The summed E-state index contributed by atoms with van der Waals surface area (Å²) in [5.74, 6) is 0. The largest absolute Gasteiger partial charge is 0.309 e. The molecule has 0 unspecified atom stereocenters. The molecule has 0 atom stereocenters. The molecule has 0 saturated heterocycles. The normalized spacial score (nSPS) is 11.8. The van der Waals surface area contributed by atoms with Crippen LogP contribution >= 0.6 is 11.3 Å². The molecule has 0 bridgehead atoms. The summed E-state index contributed by atoms with van der Waals surface area (Å²) in [6.45, 7) is 0. The average Bonchev–Trinajstić information content (AvgIpc) is 3.84. The Morgan fingerprint density at radius 3 is 1.50 bits per heavy atom. The molecule has 2 heteroatoms. The topological polar surface area (TPSA) is 4.93 Å². The highest BCUT2D eigenvalue weighted by atomic mass is 32.1. The Morgan fingerprint density at radius 2 is 0.759 bits per heavy atom. The quantitative estimate of drug-likeness (QED) is 0.154. The number of hydrogen-bond acceptors (Lipinski definition) is 1. The average molecular weight is 754 g/mol. The lowest BCUT2D eigenvalue weighted by Crippen LogP contribution is -1.93. The second-order valence-corrected chi connectivity index (χ2v) is 16.4. The monoisotopic (exact) mass is 753 g/mol. The Morgan fingerprint density at radius 1 is 0.276 bits per heavy atom.